The second-order valence-corrected chi connectivity index (χ2v) is 9.54. The number of piperazine rings is 1. The Morgan fingerprint density at radius 3 is 2.59 bits per heavy atom. The van der Waals surface area contributed by atoms with Gasteiger partial charge in [-0.05, 0) is 49.2 Å². The fraction of sp³-hybridized carbons (Fsp3) is 0.400. The minimum atomic E-state index is -0.255. The summed E-state index contributed by atoms with van der Waals surface area (Å²) in [6.45, 7) is 3.75. The fourth-order valence-electron chi connectivity index (χ4n) is 4.49. The average molecular weight is 483 g/mol. The van der Waals surface area contributed by atoms with Crippen molar-refractivity contribution in [1.29, 1.82) is 0 Å². The maximum atomic E-state index is 13.2. The van der Waals surface area contributed by atoms with Gasteiger partial charge in [-0.2, -0.15) is 0 Å². The van der Waals surface area contributed by atoms with Crippen molar-refractivity contribution in [1.82, 2.24) is 14.5 Å². The van der Waals surface area contributed by atoms with E-state index in [0.717, 1.165) is 18.5 Å². The van der Waals surface area contributed by atoms with E-state index < -0.39 is 0 Å². The quantitative estimate of drug-likeness (QED) is 0.397. The second kappa shape index (κ2) is 10.1. The Morgan fingerprint density at radius 2 is 1.85 bits per heavy atom. The summed E-state index contributed by atoms with van der Waals surface area (Å²) in [5.74, 6) is -0.0166. The van der Waals surface area contributed by atoms with Crippen molar-refractivity contribution in [2.75, 3.05) is 43.4 Å². The zero-order valence-electron chi connectivity index (χ0n) is 18.9. The first-order valence-corrected chi connectivity index (χ1v) is 12.6. The molecule has 9 heteroatoms. The summed E-state index contributed by atoms with van der Waals surface area (Å²) < 4.78 is 20.6. The van der Waals surface area contributed by atoms with E-state index in [1.807, 2.05) is 23.1 Å². The SMILES string of the molecule is O=C(CSc1nc2ccccc2c(=O)n1CC1CCCO1)N1CCN(c2ccc(F)cc2)CC1. The van der Waals surface area contributed by atoms with Gasteiger partial charge in [0.2, 0.25) is 5.91 Å². The standard InChI is InChI=1S/C25H27FN4O3S/c26-18-7-9-19(10-8-18)28-11-13-29(14-12-28)23(31)17-34-25-27-22-6-2-1-5-21(22)24(32)30(25)16-20-4-3-15-33-20/h1-2,5-10,20H,3-4,11-17H2. The highest BCUT2D eigenvalue weighted by Gasteiger charge is 2.24. The van der Waals surface area contributed by atoms with Crippen LogP contribution in [0.1, 0.15) is 12.8 Å². The molecule has 0 saturated carbocycles. The predicted molar refractivity (Wildman–Crippen MR) is 131 cm³/mol. The normalized spacial score (nSPS) is 18.6. The largest absolute Gasteiger partial charge is 0.376 e. The molecule has 3 aromatic rings. The molecule has 0 N–H and O–H groups in total. The van der Waals surface area contributed by atoms with Crippen LogP contribution < -0.4 is 10.5 Å². The average Bonchev–Trinajstić information content (AvgIpc) is 3.38. The number of fused-ring (bicyclic) bond motifs is 1. The molecule has 2 fully saturated rings. The molecule has 0 spiro atoms. The lowest BCUT2D eigenvalue weighted by Crippen LogP contribution is -2.49. The topological polar surface area (TPSA) is 67.7 Å². The minimum Gasteiger partial charge on any atom is -0.376 e. The highest BCUT2D eigenvalue weighted by molar-refractivity contribution is 7.99. The van der Waals surface area contributed by atoms with Crippen LogP contribution in [0.25, 0.3) is 10.9 Å². The first-order valence-electron chi connectivity index (χ1n) is 11.6. The number of hydrogen-bond acceptors (Lipinski definition) is 6. The zero-order valence-corrected chi connectivity index (χ0v) is 19.7. The van der Waals surface area contributed by atoms with Gasteiger partial charge in [0, 0.05) is 38.5 Å². The van der Waals surface area contributed by atoms with E-state index >= 15 is 0 Å². The Kier molecular flexibility index (Phi) is 6.82. The molecule has 2 saturated heterocycles. The molecule has 178 valence electrons. The number of thioether (sulfide) groups is 1. The summed E-state index contributed by atoms with van der Waals surface area (Å²) in [6.07, 6.45) is 1.90. The van der Waals surface area contributed by atoms with Gasteiger partial charge in [-0.3, -0.25) is 14.2 Å². The Balaban J connectivity index is 1.26. The summed E-state index contributed by atoms with van der Waals surface area (Å²) in [4.78, 5) is 34.9. The highest BCUT2D eigenvalue weighted by atomic mass is 32.2. The predicted octanol–water partition coefficient (Wildman–Crippen LogP) is 3.16. The van der Waals surface area contributed by atoms with Crippen LogP contribution in [-0.4, -0.2) is 65.0 Å². The number of aromatic nitrogens is 2. The van der Waals surface area contributed by atoms with Crippen LogP contribution in [0.4, 0.5) is 10.1 Å². The van der Waals surface area contributed by atoms with Gasteiger partial charge in [-0.25, -0.2) is 9.37 Å². The van der Waals surface area contributed by atoms with E-state index in [1.165, 1.54) is 23.9 Å². The van der Waals surface area contributed by atoms with Gasteiger partial charge in [0.15, 0.2) is 5.16 Å². The summed E-state index contributed by atoms with van der Waals surface area (Å²) >= 11 is 1.31. The molecular weight excluding hydrogens is 455 g/mol. The number of anilines is 1. The van der Waals surface area contributed by atoms with Crippen molar-refractivity contribution in [2.45, 2.75) is 30.6 Å². The van der Waals surface area contributed by atoms with E-state index in [-0.39, 0.29) is 29.1 Å². The maximum Gasteiger partial charge on any atom is 0.262 e. The van der Waals surface area contributed by atoms with Crippen LogP contribution in [-0.2, 0) is 16.1 Å². The molecule has 1 aromatic heterocycles. The third kappa shape index (κ3) is 4.95. The third-order valence-corrected chi connectivity index (χ3v) is 7.35. The number of carbonyl (C=O) groups excluding carboxylic acids is 1. The number of nitrogens with zero attached hydrogens (tertiary/aromatic N) is 4. The fourth-order valence-corrected chi connectivity index (χ4v) is 5.41. The number of rotatable bonds is 6. The molecular formula is C25H27FN4O3S. The van der Waals surface area contributed by atoms with Crippen LogP contribution >= 0.6 is 11.8 Å². The molecule has 3 heterocycles. The molecule has 1 atom stereocenters. The van der Waals surface area contributed by atoms with Crippen molar-refractivity contribution in [2.24, 2.45) is 0 Å². The maximum absolute atomic E-state index is 13.2. The summed E-state index contributed by atoms with van der Waals surface area (Å²) in [5.41, 5.74) is 1.50. The second-order valence-electron chi connectivity index (χ2n) is 8.60. The highest BCUT2D eigenvalue weighted by Crippen LogP contribution is 2.22. The van der Waals surface area contributed by atoms with Crippen molar-refractivity contribution in [3.05, 3.63) is 64.7 Å². The molecule has 0 aliphatic carbocycles. The molecule has 0 bridgehead atoms. The van der Waals surface area contributed by atoms with Gasteiger partial charge >= 0.3 is 0 Å². The molecule has 2 aromatic carbocycles. The number of hydrogen-bond donors (Lipinski definition) is 0. The van der Waals surface area contributed by atoms with Crippen molar-refractivity contribution < 1.29 is 13.9 Å². The molecule has 7 nitrogen and oxygen atoms in total. The summed E-state index contributed by atoms with van der Waals surface area (Å²) in [6, 6.07) is 13.8. The Bertz CT molecular complexity index is 1220. The van der Waals surface area contributed by atoms with Crippen LogP contribution in [0.15, 0.2) is 58.5 Å². The summed E-state index contributed by atoms with van der Waals surface area (Å²) in [5, 5.41) is 1.13. The molecule has 1 amide bonds. The van der Waals surface area contributed by atoms with E-state index in [9.17, 15) is 14.0 Å². The van der Waals surface area contributed by atoms with Crippen LogP contribution in [0.5, 0.6) is 0 Å². The Morgan fingerprint density at radius 1 is 1.09 bits per heavy atom. The van der Waals surface area contributed by atoms with Gasteiger partial charge in [0.05, 0.1) is 29.3 Å². The van der Waals surface area contributed by atoms with E-state index in [0.29, 0.717) is 55.4 Å². The number of halogens is 1. The Labute approximate surface area is 201 Å². The molecule has 0 radical (unpaired) electrons. The van der Waals surface area contributed by atoms with Crippen LogP contribution in [0, 0.1) is 5.82 Å². The number of benzene rings is 2. The van der Waals surface area contributed by atoms with Crippen LogP contribution in [0.3, 0.4) is 0 Å². The number of amides is 1. The molecule has 2 aliphatic rings. The lowest BCUT2D eigenvalue weighted by molar-refractivity contribution is -0.128. The third-order valence-electron chi connectivity index (χ3n) is 6.39. The summed E-state index contributed by atoms with van der Waals surface area (Å²) in [7, 11) is 0. The van der Waals surface area contributed by atoms with Crippen molar-refractivity contribution >= 4 is 34.3 Å². The molecule has 5 rings (SSSR count). The smallest absolute Gasteiger partial charge is 0.262 e. The van der Waals surface area contributed by atoms with Gasteiger partial charge in [-0.15, -0.1) is 0 Å². The van der Waals surface area contributed by atoms with Gasteiger partial charge < -0.3 is 14.5 Å². The lowest BCUT2D eigenvalue weighted by Gasteiger charge is -2.36. The Hall–Kier alpha value is -2.91. The number of carbonyl (C=O) groups is 1. The van der Waals surface area contributed by atoms with Crippen molar-refractivity contribution in [3.63, 3.8) is 0 Å². The van der Waals surface area contributed by atoms with E-state index in [4.69, 9.17) is 9.72 Å². The number of ether oxygens (including phenoxy) is 1. The molecule has 1 unspecified atom stereocenters. The molecule has 34 heavy (non-hydrogen) atoms. The van der Waals surface area contributed by atoms with Gasteiger partial charge in [0.25, 0.3) is 5.56 Å². The van der Waals surface area contributed by atoms with Crippen molar-refractivity contribution in [3.8, 4) is 0 Å². The first kappa shape index (κ1) is 22.9. The zero-order chi connectivity index (χ0) is 23.5. The van der Waals surface area contributed by atoms with E-state index in [2.05, 4.69) is 4.90 Å². The van der Waals surface area contributed by atoms with Gasteiger partial charge in [-0.1, -0.05) is 23.9 Å². The minimum absolute atomic E-state index is 0.00440. The van der Waals surface area contributed by atoms with E-state index in [1.54, 1.807) is 22.8 Å². The first-order chi connectivity index (χ1) is 16.6. The van der Waals surface area contributed by atoms with Gasteiger partial charge in [0.1, 0.15) is 5.82 Å². The number of para-hydroxylation sites is 1. The monoisotopic (exact) mass is 482 g/mol. The molecule has 2 aliphatic heterocycles. The van der Waals surface area contributed by atoms with Crippen LogP contribution in [0.2, 0.25) is 0 Å². The lowest BCUT2D eigenvalue weighted by atomic mass is 10.2.